The average Bonchev–Trinajstić information content (AvgIpc) is 2.66. The van der Waals surface area contributed by atoms with Crippen molar-refractivity contribution in [1.29, 1.82) is 0 Å². The first-order valence-electron chi connectivity index (χ1n) is 10.6. The quantitative estimate of drug-likeness (QED) is 0.685. The molecular weight excluding hydrogens is 362 g/mol. The number of hydrogen-bond donors (Lipinski definition) is 3. The van der Waals surface area contributed by atoms with Crippen LogP contribution in [0.3, 0.4) is 0 Å². The summed E-state index contributed by atoms with van der Waals surface area (Å²) in [5.74, 6) is 1.39. The van der Waals surface area contributed by atoms with Crippen LogP contribution in [0.1, 0.15) is 63.1 Å². The van der Waals surface area contributed by atoms with Gasteiger partial charge in [-0.1, -0.05) is 26.5 Å². The van der Waals surface area contributed by atoms with E-state index in [1.165, 1.54) is 11.1 Å². The van der Waals surface area contributed by atoms with Gasteiger partial charge in [0.25, 0.3) is 0 Å². The molecular formula is C24H31N3O2. The Labute approximate surface area is 172 Å². The monoisotopic (exact) mass is 393 g/mol. The molecule has 2 aliphatic rings. The number of phenolic OH excluding ortho intramolecular Hbond substituents is 1. The molecule has 0 unspecified atom stereocenters. The van der Waals surface area contributed by atoms with Crippen molar-refractivity contribution in [2.75, 3.05) is 5.32 Å². The topological polar surface area (TPSA) is 78.3 Å². The third-order valence-electron chi connectivity index (χ3n) is 6.32. The van der Waals surface area contributed by atoms with Gasteiger partial charge in [-0.2, -0.15) is 0 Å². The van der Waals surface area contributed by atoms with Crippen molar-refractivity contribution < 1.29 is 10.2 Å². The fraction of sp³-hybridized carbons (Fsp3) is 0.500. The van der Waals surface area contributed by atoms with E-state index in [1.54, 1.807) is 6.07 Å². The van der Waals surface area contributed by atoms with E-state index in [2.05, 4.69) is 35.9 Å². The summed E-state index contributed by atoms with van der Waals surface area (Å²) >= 11 is 0. The summed E-state index contributed by atoms with van der Waals surface area (Å²) in [4.78, 5) is 0. The van der Waals surface area contributed by atoms with E-state index in [0.717, 1.165) is 66.7 Å². The van der Waals surface area contributed by atoms with Crippen LogP contribution >= 0.6 is 0 Å². The lowest BCUT2D eigenvalue weighted by atomic mass is 9.77. The van der Waals surface area contributed by atoms with Crippen molar-refractivity contribution in [1.82, 2.24) is 10.2 Å². The zero-order valence-electron chi connectivity index (χ0n) is 17.6. The van der Waals surface area contributed by atoms with Crippen molar-refractivity contribution in [3.63, 3.8) is 0 Å². The number of nitrogens with one attached hydrogen (secondary N) is 1. The first-order valence-corrected chi connectivity index (χ1v) is 10.6. The molecule has 0 amide bonds. The summed E-state index contributed by atoms with van der Waals surface area (Å²) in [6, 6.07) is 5.98. The fourth-order valence-electron chi connectivity index (χ4n) is 4.54. The number of aromatic nitrogens is 2. The van der Waals surface area contributed by atoms with E-state index in [4.69, 9.17) is 0 Å². The summed E-state index contributed by atoms with van der Waals surface area (Å²) in [6.45, 7) is 10.2. The Kier molecular flexibility index (Phi) is 5.11. The minimum Gasteiger partial charge on any atom is -0.507 e. The molecule has 154 valence electrons. The first-order chi connectivity index (χ1) is 13.7. The number of nitrogens with zero attached hydrogens (tertiary/aromatic N) is 2. The summed E-state index contributed by atoms with van der Waals surface area (Å²) in [5, 5.41) is 33.3. The number of rotatable bonds is 5. The molecule has 1 fully saturated rings. The molecule has 1 heterocycles. The van der Waals surface area contributed by atoms with Crippen molar-refractivity contribution in [3.05, 3.63) is 41.5 Å². The molecule has 2 aromatic rings. The van der Waals surface area contributed by atoms with Crippen LogP contribution in [0, 0.1) is 5.92 Å². The van der Waals surface area contributed by atoms with Crippen LogP contribution in [0.4, 0.5) is 5.82 Å². The Hall–Kier alpha value is -2.40. The molecule has 0 aliphatic heterocycles. The van der Waals surface area contributed by atoms with Crippen molar-refractivity contribution in [3.8, 4) is 17.0 Å². The summed E-state index contributed by atoms with van der Waals surface area (Å²) in [5.41, 5.74) is 5.31. The highest BCUT2D eigenvalue weighted by atomic mass is 16.3. The van der Waals surface area contributed by atoms with Gasteiger partial charge in [0.05, 0.1) is 5.60 Å². The third kappa shape index (κ3) is 3.88. The highest BCUT2D eigenvalue weighted by Gasteiger charge is 2.39. The van der Waals surface area contributed by atoms with E-state index in [-0.39, 0.29) is 11.8 Å². The van der Waals surface area contributed by atoms with Gasteiger partial charge in [0.2, 0.25) is 0 Å². The highest BCUT2D eigenvalue weighted by Crippen LogP contribution is 2.40. The second-order valence-corrected chi connectivity index (χ2v) is 9.22. The Balaban J connectivity index is 1.67. The van der Waals surface area contributed by atoms with Crippen molar-refractivity contribution in [2.45, 2.75) is 70.9 Å². The summed E-state index contributed by atoms with van der Waals surface area (Å²) in [6.07, 6.45) is 5.62. The van der Waals surface area contributed by atoms with Crippen LogP contribution in [0.15, 0.2) is 24.8 Å². The number of allylic oxidation sites excluding steroid dienone is 1. The van der Waals surface area contributed by atoms with Crippen LogP contribution in [-0.2, 0) is 12.8 Å². The van der Waals surface area contributed by atoms with E-state index >= 15 is 0 Å². The molecule has 5 heteroatoms. The lowest BCUT2D eigenvalue weighted by molar-refractivity contribution is -0.0235. The van der Waals surface area contributed by atoms with Crippen LogP contribution in [-0.4, -0.2) is 32.1 Å². The molecule has 0 radical (unpaired) electrons. The molecule has 4 rings (SSSR count). The van der Waals surface area contributed by atoms with Gasteiger partial charge in [-0.05, 0) is 80.2 Å². The summed E-state index contributed by atoms with van der Waals surface area (Å²) in [7, 11) is 0. The average molecular weight is 394 g/mol. The molecule has 0 bridgehead atoms. The normalized spacial score (nSPS) is 23.4. The molecule has 0 spiro atoms. The van der Waals surface area contributed by atoms with Crippen LogP contribution < -0.4 is 5.32 Å². The van der Waals surface area contributed by atoms with E-state index in [9.17, 15) is 10.2 Å². The molecule has 3 N–H and O–H groups in total. The SMILES string of the molecule is C=C(c1ccc(-c2nnc(NC3CC(C)(O)C3)c3c2CCCC3)c(O)c1)C(C)C. The molecule has 5 nitrogen and oxygen atoms in total. The molecule has 0 saturated heterocycles. The first kappa shape index (κ1) is 19.9. The van der Waals surface area contributed by atoms with Gasteiger partial charge < -0.3 is 15.5 Å². The Morgan fingerprint density at radius 2 is 1.86 bits per heavy atom. The number of hydrogen-bond acceptors (Lipinski definition) is 5. The number of fused-ring (bicyclic) bond motifs is 1. The number of aliphatic hydroxyl groups is 1. The smallest absolute Gasteiger partial charge is 0.152 e. The lowest BCUT2D eigenvalue weighted by Gasteiger charge is -2.41. The zero-order valence-corrected chi connectivity index (χ0v) is 17.6. The number of aromatic hydroxyl groups is 1. The maximum absolute atomic E-state index is 10.7. The van der Waals surface area contributed by atoms with Gasteiger partial charge in [-0.3, -0.25) is 0 Å². The minimum absolute atomic E-state index is 0.224. The van der Waals surface area contributed by atoms with Gasteiger partial charge >= 0.3 is 0 Å². The Morgan fingerprint density at radius 1 is 1.17 bits per heavy atom. The standard InChI is InChI=1S/C24H31N3O2/c1-14(2)15(3)16-9-10-20(21(28)11-16)22-18-7-5-6-8-19(18)23(27-26-22)25-17-12-24(4,29)13-17/h9-11,14,17,28-29H,3,5-8,12-13H2,1-2,4H3,(H,25,27). The number of phenols is 1. The molecule has 1 aromatic heterocycles. The van der Waals surface area contributed by atoms with Crippen LogP contribution in [0.5, 0.6) is 5.75 Å². The predicted octanol–water partition coefficient (Wildman–Crippen LogP) is 4.72. The maximum atomic E-state index is 10.7. The van der Waals surface area contributed by atoms with E-state index < -0.39 is 5.60 Å². The minimum atomic E-state index is -0.571. The second kappa shape index (κ2) is 7.45. The third-order valence-corrected chi connectivity index (χ3v) is 6.32. The molecule has 29 heavy (non-hydrogen) atoms. The van der Waals surface area contributed by atoms with E-state index in [1.807, 2.05) is 19.1 Å². The van der Waals surface area contributed by atoms with Crippen LogP contribution in [0.25, 0.3) is 16.8 Å². The van der Waals surface area contributed by atoms with Gasteiger partial charge in [0.1, 0.15) is 11.4 Å². The molecule has 1 saturated carbocycles. The van der Waals surface area contributed by atoms with Gasteiger partial charge in [-0.15, -0.1) is 10.2 Å². The van der Waals surface area contributed by atoms with Gasteiger partial charge in [0, 0.05) is 17.2 Å². The second-order valence-electron chi connectivity index (χ2n) is 9.22. The van der Waals surface area contributed by atoms with Gasteiger partial charge in [-0.25, -0.2) is 0 Å². The van der Waals surface area contributed by atoms with Crippen molar-refractivity contribution in [2.24, 2.45) is 5.92 Å². The van der Waals surface area contributed by atoms with Crippen molar-refractivity contribution >= 4 is 11.4 Å². The predicted molar refractivity (Wildman–Crippen MR) is 117 cm³/mol. The molecule has 1 aromatic carbocycles. The molecule has 2 aliphatic carbocycles. The van der Waals surface area contributed by atoms with Gasteiger partial charge in [0.15, 0.2) is 5.82 Å². The number of benzene rings is 1. The maximum Gasteiger partial charge on any atom is 0.152 e. The lowest BCUT2D eigenvalue weighted by Crippen LogP contribution is -2.48. The molecule has 0 atom stereocenters. The Morgan fingerprint density at radius 3 is 2.48 bits per heavy atom. The van der Waals surface area contributed by atoms with E-state index in [0.29, 0.717) is 5.92 Å². The number of anilines is 1. The fourth-order valence-corrected chi connectivity index (χ4v) is 4.54. The Bertz CT molecular complexity index is 941. The largest absolute Gasteiger partial charge is 0.507 e. The van der Waals surface area contributed by atoms with Crippen LogP contribution in [0.2, 0.25) is 0 Å². The summed E-state index contributed by atoms with van der Waals surface area (Å²) < 4.78 is 0. The highest BCUT2D eigenvalue weighted by molar-refractivity contribution is 5.76. The zero-order chi connectivity index (χ0) is 20.8.